The Kier molecular flexibility index (Phi) is 8.37. The minimum absolute atomic E-state index is 0. The van der Waals surface area contributed by atoms with Crippen LogP contribution in [0.5, 0.6) is 5.75 Å². The molecule has 0 bridgehead atoms. The molecular formula is C17H32CaO3P+. The Bertz CT molecular complexity index is 465. The predicted molar refractivity (Wildman–Crippen MR) is 99.1 cm³/mol. The summed E-state index contributed by atoms with van der Waals surface area (Å²) in [7, 11) is -2.86. The molecule has 1 aromatic carbocycles. The third kappa shape index (κ3) is 6.26. The van der Waals surface area contributed by atoms with Crippen molar-refractivity contribution in [3.63, 3.8) is 0 Å². The minimum Gasteiger partial charge on any atom is -1.00 e. The zero-order valence-corrected chi connectivity index (χ0v) is 18.5. The van der Waals surface area contributed by atoms with Crippen molar-refractivity contribution in [3.05, 3.63) is 29.3 Å². The van der Waals surface area contributed by atoms with Crippen LogP contribution < -0.4 is 4.52 Å². The molecule has 1 aromatic rings. The second-order valence-electron chi connectivity index (χ2n) is 7.49. The Labute approximate surface area is 169 Å². The molecule has 0 aliphatic rings. The fraction of sp³-hybridized carbons (Fsp3) is 0.647. The predicted octanol–water partition coefficient (Wildman–Crippen LogP) is 4.93. The monoisotopic (exact) mass is 355 g/mol. The van der Waals surface area contributed by atoms with Crippen LogP contribution >= 0.6 is 7.94 Å². The molecule has 124 valence electrons. The Morgan fingerprint density at radius 1 is 1.05 bits per heavy atom. The maximum Gasteiger partial charge on any atom is 2.00 e. The van der Waals surface area contributed by atoms with E-state index in [1.54, 1.807) is 6.66 Å². The van der Waals surface area contributed by atoms with Crippen LogP contribution in [-0.4, -0.2) is 55.9 Å². The van der Waals surface area contributed by atoms with Gasteiger partial charge in [-0.3, -0.25) is 4.52 Å². The molecule has 0 aliphatic heterocycles. The molecule has 0 saturated carbocycles. The van der Waals surface area contributed by atoms with Crippen LogP contribution in [0.25, 0.3) is 0 Å². The molecule has 1 unspecified atom stereocenters. The number of benzene rings is 1. The first-order valence-electron chi connectivity index (χ1n) is 7.46. The SMILES string of the molecule is CCO[P+](C)(O)Oc1c(C(C)(C)C)cccc1C(C)(C)C.[Ca+2].[H-].[H-]. The average Bonchev–Trinajstić information content (AvgIpc) is 2.25. The van der Waals surface area contributed by atoms with E-state index < -0.39 is 7.94 Å². The van der Waals surface area contributed by atoms with Gasteiger partial charge in [0.1, 0.15) is 6.66 Å². The number of rotatable bonds is 4. The van der Waals surface area contributed by atoms with E-state index in [4.69, 9.17) is 9.05 Å². The van der Waals surface area contributed by atoms with Crippen molar-refractivity contribution in [3.8, 4) is 5.75 Å². The second-order valence-corrected chi connectivity index (χ2v) is 9.54. The number of hydrogen-bond donors (Lipinski definition) is 1. The van der Waals surface area contributed by atoms with Gasteiger partial charge in [-0.1, -0.05) is 59.7 Å². The van der Waals surface area contributed by atoms with E-state index in [-0.39, 0.29) is 51.4 Å². The molecule has 1 N–H and O–H groups in total. The molecule has 0 saturated heterocycles. The van der Waals surface area contributed by atoms with Crippen molar-refractivity contribution in [2.75, 3.05) is 13.3 Å². The fourth-order valence-electron chi connectivity index (χ4n) is 2.25. The van der Waals surface area contributed by atoms with Gasteiger partial charge >= 0.3 is 45.7 Å². The van der Waals surface area contributed by atoms with Crippen molar-refractivity contribution in [1.82, 2.24) is 0 Å². The third-order valence-corrected chi connectivity index (χ3v) is 4.52. The van der Waals surface area contributed by atoms with Crippen molar-refractivity contribution < 1.29 is 16.8 Å². The first-order chi connectivity index (χ1) is 9.38. The Balaban J connectivity index is -0.00000147. The molecule has 1 rings (SSSR count). The number of para-hydroxylation sites is 1. The summed E-state index contributed by atoms with van der Waals surface area (Å²) in [5, 5.41) is 0. The van der Waals surface area contributed by atoms with Crippen LogP contribution in [0.4, 0.5) is 0 Å². The van der Waals surface area contributed by atoms with Gasteiger partial charge in [-0.2, -0.15) is 9.42 Å². The van der Waals surface area contributed by atoms with Gasteiger partial charge < -0.3 is 2.85 Å². The zero-order chi connectivity index (χ0) is 16.5. The standard InChI is InChI=1S/C17H30O3P.Ca.2H/c1-9-19-21(8,18)20-15-13(16(2,3)4)11-10-12-14(15)17(5,6)7;;;/h10-12,18H,9H2,1-8H3;;;/q+1;+2;2*-1. The molecule has 0 heterocycles. The van der Waals surface area contributed by atoms with Crippen molar-refractivity contribution in [1.29, 1.82) is 0 Å². The van der Waals surface area contributed by atoms with Gasteiger partial charge in [0.25, 0.3) is 0 Å². The van der Waals surface area contributed by atoms with Crippen LogP contribution in [0, 0.1) is 0 Å². The molecule has 0 amide bonds. The van der Waals surface area contributed by atoms with Crippen LogP contribution in [0.2, 0.25) is 0 Å². The maximum atomic E-state index is 10.4. The fourth-order valence-corrected chi connectivity index (χ4v) is 3.32. The molecule has 0 spiro atoms. The van der Waals surface area contributed by atoms with E-state index in [0.717, 1.165) is 16.9 Å². The Morgan fingerprint density at radius 3 is 1.77 bits per heavy atom. The largest absolute Gasteiger partial charge is 2.00 e. The van der Waals surface area contributed by atoms with Crippen LogP contribution in [-0.2, 0) is 15.4 Å². The van der Waals surface area contributed by atoms with E-state index in [1.807, 2.05) is 6.92 Å². The summed E-state index contributed by atoms with van der Waals surface area (Å²) in [5.41, 5.74) is 2.05. The Morgan fingerprint density at radius 2 is 1.45 bits per heavy atom. The van der Waals surface area contributed by atoms with Crippen molar-refractivity contribution in [2.24, 2.45) is 0 Å². The molecule has 0 fully saturated rings. The van der Waals surface area contributed by atoms with Crippen molar-refractivity contribution in [2.45, 2.75) is 59.3 Å². The van der Waals surface area contributed by atoms with Crippen LogP contribution in [0.1, 0.15) is 62.4 Å². The topological polar surface area (TPSA) is 38.7 Å². The van der Waals surface area contributed by atoms with Gasteiger partial charge in [0.2, 0.25) is 0 Å². The van der Waals surface area contributed by atoms with Gasteiger partial charge in [-0.25, -0.2) is 0 Å². The molecule has 1 atom stereocenters. The minimum atomic E-state index is -2.86. The Hall–Kier alpha value is 0.630. The maximum absolute atomic E-state index is 10.4. The molecule has 5 heteroatoms. The van der Waals surface area contributed by atoms with Gasteiger partial charge in [0.15, 0.2) is 5.75 Å². The van der Waals surface area contributed by atoms with Gasteiger partial charge in [0.05, 0.1) is 6.61 Å². The summed E-state index contributed by atoms with van der Waals surface area (Å²) < 4.78 is 11.4. The van der Waals surface area contributed by atoms with Crippen molar-refractivity contribution >= 4 is 45.7 Å². The molecule has 3 nitrogen and oxygen atoms in total. The first-order valence-corrected chi connectivity index (χ1v) is 9.48. The summed E-state index contributed by atoms with van der Waals surface area (Å²) in [5.74, 6) is 0.768. The molecule has 22 heavy (non-hydrogen) atoms. The molecule has 0 aromatic heterocycles. The van der Waals surface area contributed by atoms with Gasteiger partial charge in [-0.05, 0) is 17.8 Å². The zero-order valence-electron chi connectivity index (χ0n) is 17.4. The summed E-state index contributed by atoms with van der Waals surface area (Å²) in [6.45, 7) is 16.8. The van der Waals surface area contributed by atoms with Crippen LogP contribution in [0.15, 0.2) is 18.2 Å². The third-order valence-electron chi connectivity index (χ3n) is 3.26. The summed E-state index contributed by atoms with van der Waals surface area (Å²) >= 11 is 0. The van der Waals surface area contributed by atoms with Gasteiger partial charge in [0, 0.05) is 11.1 Å². The number of hydrogen-bond acceptors (Lipinski definition) is 3. The first kappa shape index (κ1) is 22.6. The van der Waals surface area contributed by atoms with E-state index in [9.17, 15) is 4.89 Å². The quantitative estimate of drug-likeness (QED) is 0.615. The molecular weight excluding hydrogens is 323 g/mol. The summed E-state index contributed by atoms with van der Waals surface area (Å²) in [6, 6.07) is 6.19. The average molecular weight is 355 g/mol. The van der Waals surface area contributed by atoms with Crippen LogP contribution in [0.3, 0.4) is 0 Å². The van der Waals surface area contributed by atoms with Gasteiger partial charge in [-0.15, -0.1) is 0 Å². The summed E-state index contributed by atoms with van der Waals surface area (Å²) in [4.78, 5) is 10.4. The summed E-state index contributed by atoms with van der Waals surface area (Å²) in [6.07, 6.45) is 0. The van der Waals surface area contributed by atoms with E-state index in [0.29, 0.717) is 6.61 Å². The van der Waals surface area contributed by atoms with E-state index >= 15 is 0 Å². The second kappa shape index (κ2) is 8.14. The molecule has 0 aliphatic carbocycles. The smallest absolute Gasteiger partial charge is 1.00 e. The van der Waals surface area contributed by atoms with E-state index in [1.165, 1.54) is 0 Å². The normalized spacial score (nSPS) is 15.0. The molecule has 0 radical (unpaired) electrons. The van der Waals surface area contributed by atoms with E-state index in [2.05, 4.69) is 59.7 Å².